The normalized spacial score (nSPS) is 17.5. The average molecular weight is 376 g/mol. The van der Waals surface area contributed by atoms with Crippen molar-refractivity contribution in [1.29, 1.82) is 0 Å². The van der Waals surface area contributed by atoms with Crippen molar-refractivity contribution in [2.75, 3.05) is 0 Å². The lowest BCUT2D eigenvalue weighted by Gasteiger charge is -2.37. The van der Waals surface area contributed by atoms with Crippen LogP contribution in [0.5, 0.6) is 0 Å². The molecule has 0 atom stereocenters. The number of halogens is 2. The minimum Gasteiger partial charge on any atom is -0.391 e. The zero-order valence-corrected chi connectivity index (χ0v) is 14.1. The average Bonchev–Trinajstić information content (AvgIpc) is 2.39. The van der Waals surface area contributed by atoms with E-state index in [4.69, 9.17) is 29.6 Å². The highest BCUT2D eigenvalue weighted by Gasteiger charge is 2.36. The Morgan fingerprint density at radius 3 is 2.55 bits per heavy atom. The number of rotatable bonds is 3. The van der Waals surface area contributed by atoms with Crippen LogP contribution in [-0.4, -0.2) is 16.4 Å². The van der Waals surface area contributed by atoms with E-state index in [0.717, 1.165) is 36.6 Å². The predicted molar refractivity (Wildman–Crippen MR) is 89.2 cm³/mol. The summed E-state index contributed by atoms with van der Waals surface area (Å²) in [5, 5.41) is 3.41. The molecule has 0 unspecified atom stereocenters. The first kappa shape index (κ1) is 15.7. The van der Waals surface area contributed by atoms with Crippen LogP contribution in [0.15, 0.2) is 22.7 Å². The molecule has 0 aliphatic heterocycles. The van der Waals surface area contributed by atoms with Crippen molar-refractivity contribution >= 4 is 50.6 Å². The zero-order valence-electron chi connectivity index (χ0n) is 10.9. The van der Waals surface area contributed by atoms with Gasteiger partial charge in [-0.15, -0.1) is 0 Å². The van der Waals surface area contributed by atoms with Gasteiger partial charge in [0.2, 0.25) is 0 Å². The van der Waals surface area contributed by atoms with E-state index in [1.165, 1.54) is 0 Å². The number of carbonyl (C=O) groups excluding carboxylic acids is 1. The second-order valence-corrected chi connectivity index (χ2v) is 6.85. The molecular formula is C14H16BrClN2OS. The summed E-state index contributed by atoms with van der Waals surface area (Å²) in [6.45, 7) is 0. The first-order valence-corrected chi connectivity index (χ1v) is 8.10. The lowest BCUT2D eigenvalue weighted by atomic mass is 9.81. The molecule has 2 rings (SSSR count). The van der Waals surface area contributed by atoms with Gasteiger partial charge in [0.25, 0.3) is 5.91 Å². The molecule has 0 saturated heterocycles. The largest absolute Gasteiger partial charge is 0.391 e. The molecule has 0 aromatic heterocycles. The van der Waals surface area contributed by atoms with Crippen LogP contribution in [0.4, 0.5) is 0 Å². The molecule has 0 spiro atoms. The number of amides is 1. The first-order valence-electron chi connectivity index (χ1n) is 6.52. The van der Waals surface area contributed by atoms with Gasteiger partial charge in [-0.2, -0.15) is 0 Å². The molecule has 0 bridgehead atoms. The molecule has 1 aliphatic rings. The van der Waals surface area contributed by atoms with Crippen LogP contribution in [-0.2, 0) is 0 Å². The molecule has 1 aliphatic carbocycles. The Labute approximate surface area is 137 Å². The molecule has 1 aromatic carbocycles. The van der Waals surface area contributed by atoms with Gasteiger partial charge in [0.05, 0.1) is 21.1 Å². The van der Waals surface area contributed by atoms with E-state index in [0.29, 0.717) is 15.6 Å². The number of nitrogens with two attached hydrogens (primary N) is 1. The summed E-state index contributed by atoms with van der Waals surface area (Å²) >= 11 is 14.6. The van der Waals surface area contributed by atoms with Crippen LogP contribution < -0.4 is 11.1 Å². The molecule has 20 heavy (non-hydrogen) atoms. The van der Waals surface area contributed by atoms with Crippen LogP contribution in [0.3, 0.4) is 0 Å². The summed E-state index contributed by atoms with van der Waals surface area (Å²) in [6, 6.07) is 5.18. The Bertz CT molecular complexity index is 544. The van der Waals surface area contributed by atoms with E-state index >= 15 is 0 Å². The van der Waals surface area contributed by atoms with Crippen molar-refractivity contribution in [1.82, 2.24) is 5.32 Å². The highest BCUT2D eigenvalue weighted by Crippen LogP contribution is 2.30. The van der Waals surface area contributed by atoms with Gasteiger partial charge in [0, 0.05) is 4.47 Å². The molecule has 108 valence electrons. The van der Waals surface area contributed by atoms with Crippen LogP contribution in [0.1, 0.15) is 42.5 Å². The first-order chi connectivity index (χ1) is 9.44. The van der Waals surface area contributed by atoms with Crippen molar-refractivity contribution in [2.45, 2.75) is 37.6 Å². The van der Waals surface area contributed by atoms with E-state index < -0.39 is 5.54 Å². The lowest BCUT2D eigenvalue weighted by molar-refractivity contribution is 0.0908. The quantitative estimate of drug-likeness (QED) is 0.790. The van der Waals surface area contributed by atoms with Crippen molar-refractivity contribution in [2.24, 2.45) is 5.73 Å². The predicted octanol–water partition coefficient (Wildman–Crippen LogP) is 3.82. The van der Waals surface area contributed by atoms with E-state index in [1.54, 1.807) is 18.2 Å². The summed E-state index contributed by atoms with van der Waals surface area (Å²) in [4.78, 5) is 12.8. The molecule has 3 nitrogen and oxygen atoms in total. The monoisotopic (exact) mass is 374 g/mol. The SMILES string of the molecule is NC(=S)C1(NC(=O)c2ccc(Br)cc2Cl)CCCCC1. The maximum atomic E-state index is 12.4. The molecular weight excluding hydrogens is 360 g/mol. The molecule has 0 radical (unpaired) electrons. The van der Waals surface area contributed by atoms with E-state index in [2.05, 4.69) is 21.2 Å². The zero-order chi connectivity index (χ0) is 14.8. The van der Waals surface area contributed by atoms with Gasteiger partial charge in [0.15, 0.2) is 0 Å². The Morgan fingerprint density at radius 1 is 1.35 bits per heavy atom. The number of nitrogens with one attached hydrogen (secondary N) is 1. The fourth-order valence-electron chi connectivity index (χ4n) is 2.55. The number of benzene rings is 1. The maximum Gasteiger partial charge on any atom is 0.253 e. The fourth-order valence-corrected chi connectivity index (χ4v) is 3.56. The summed E-state index contributed by atoms with van der Waals surface area (Å²) in [7, 11) is 0. The third kappa shape index (κ3) is 3.32. The number of hydrogen-bond acceptors (Lipinski definition) is 2. The smallest absolute Gasteiger partial charge is 0.253 e. The molecule has 1 fully saturated rings. The highest BCUT2D eigenvalue weighted by atomic mass is 79.9. The van der Waals surface area contributed by atoms with E-state index in [9.17, 15) is 4.79 Å². The molecule has 1 amide bonds. The summed E-state index contributed by atoms with van der Waals surface area (Å²) in [5.74, 6) is -0.225. The van der Waals surface area contributed by atoms with Crippen molar-refractivity contribution in [3.63, 3.8) is 0 Å². The van der Waals surface area contributed by atoms with E-state index in [1.807, 2.05) is 0 Å². The standard InChI is InChI=1S/C14H16BrClN2OS/c15-9-4-5-10(11(16)8-9)12(19)18-14(13(17)20)6-2-1-3-7-14/h4-5,8H,1-3,6-7H2,(H2,17,20)(H,18,19). The Kier molecular flexibility index (Phi) is 5.04. The van der Waals surface area contributed by atoms with Gasteiger partial charge in [-0.25, -0.2) is 0 Å². The number of carbonyl (C=O) groups is 1. The van der Waals surface area contributed by atoms with Gasteiger partial charge in [-0.05, 0) is 31.0 Å². The highest BCUT2D eigenvalue weighted by molar-refractivity contribution is 9.10. The van der Waals surface area contributed by atoms with Crippen molar-refractivity contribution in [3.8, 4) is 0 Å². The second-order valence-electron chi connectivity index (χ2n) is 5.09. The van der Waals surface area contributed by atoms with Crippen molar-refractivity contribution < 1.29 is 4.79 Å². The van der Waals surface area contributed by atoms with Crippen LogP contribution >= 0.6 is 39.7 Å². The summed E-state index contributed by atoms with van der Waals surface area (Å²) < 4.78 is 0.834. The van der Waals surface area contributed by atoms with Gasteiger partial charge < -0.3 is 11.1 Å². The van der Waals surface area contributed by atoms with Gasteiger partial charge >= 0.3 is 0 Å². The number of hydrogen-bond donors (Lipinski definition) is 2. The Hall–Kier alpha value is -0.650. The molecule has 1 aromatic rings. The van der Waals surface area contributed by atoms with E-state index in [-0.39, 0.29) is 5.91 Å². The molecule has 0 heterocycles. The minimum atomic E-state index is -0.568. The molecule has 6 heteroatoms. The minimum absolute atomic E-state index is 0.225. The topological polar surface area (TPSA) is 55.1 Å². The van der Waals surface area contributed by atoms with Crippen molar-refractivity contribution in [3.05, 3.63) is 33.3 Å². The van der Waals surface area contributed by atoms with Crippen LogP contribution in [0.25, 0.3) is 0 Å². The second kappa shape index (κ2) is 6.41. The lowest BCUT2D eigenvalue weighted by Crippen LogP contribution is -2.57. The summed E-state index contributed by atoms with van der Waals surface area (Å²) in [5.41, 5.74) is 5.74. The van der Waals surface area contributed by atoms with Gasteiger partial charge in [-0.3, -0.25) is 4.79 Å². The summed E-state index contributed by atoms with van der Waals surface area (Å²) in [6.07, 6.45) is 4.78. The van der Waals surface area contributed by atoms with Gasteiger partial charge in [-0.1, -0.05) is 59.0 Å². The Morgan fingerprint density at radius 2 is 2.00 bits per heavy atom. The van der Waals surface area contributed by atoms with Crippen LogP contribution in [0.2, 0.25) is 5.02 Å². The van der Waals surface area contributed by atoms with Crippen LogP contribution in [0, 0.1) is 0 Å². The maximum absolute atomic E-state index is 12.4. The molecule has 3 N–H and O–H groups in total. The fraction of sp³-hybridized carbons (Fsp3) is 0.429. The third-order valence-corrected chi connectivity index (χ3v) is 4.90. The molecule has 1 saturated carbocycles. The Balaban J connectivity index is 2.22. The number of thiocarbonyl (C=S) groups is 1. The van der Waals surface area contributed by atoms with Gasteiger partial charge in [0.1, 0.15) is 0 Å². The third-order valence-electron chi connectivity index (χ3n) is 3.71.